The molecule has 0 fully saturated rings. The van der Waals surface area contributed by atoms with Crippen molar-refractivity contribution in [2.24, 2.45) is 0 Å². The van der Waals surface area contributed by atoms with Gasteiger partial charge in [-0.05, 0) is 44.9 Å². The van der Waals surface area contributed by atoms with Gasteiger partial charge in [0, 0.05) is 24.2 Å². The fourth-order valence-electron chi connectivity index (χ4n) is 2.00. The lowest BCUT2D eigenvalue weighted by molar-refractivity contribution is -0.136. The van der Waals surface area contributed by atoms with Crippen LogP contribution in [0.25, 0.3) is 0 Å². The van der Waals surface area contributed by atoms with Gasteiger partial charge in [-0.25, -0.2) is 4.98 Å². The van der Waals surface area contributed by atoms with Crippen LogP contribution in [0, 0.1) is 13.8 Å². The summed E-state index contributed by atoms with van der Waals surface area (Å²) in [6.45, 7) is 7.39. The fourth-order valence-corrected chi connectivity index (χ4v) is 2.00. The van der Waals surface area contributed by atoms with Gasteiger partial charge < -0.3 is 10.1 Å². The summed E-state index contributed by atoms with van der Waals surface area (Å²) in [4.78, 5) is 4.30. The molecule has 0 radical (unpaired) electrons. The van der Waals surface area contributed by atoms with Crippen LogP contribution >= 0.6 is 0 Å². The smallest absolute Gasteiger partial charge is 0.389 e. The Morgan fingerprint density at radius 3 is 2.62 bits per heavy atom. The number of nitrogens with zero attached hydrogens (tertiary/aromatic N) is 1. The summed E-state index contributed by atoms with van der Waals surface area (Å²) in [5, 5.41) is 3.27. The van der Waals surface area contributed by atoms with Crippen LogP contribution in [-0.4, -0.2) is 24.3 Å². The molecule has 0 aliphatic rings. The molecule has 1 heterocycles. The van der Waals surface area contributed by atoms with Crippen LogP contribution in [0.4, 0.5) is 13.2 Å². The van der Waals surface area contributed by atoms with E-state index in [-0.39, 0.29) is 13.0 Å². The van der Waals surface area contributed by atoms with E-state index >= 15 is 0 Å². The summed E-state index contributed by atoms with van der Waals surface area (Å²) in [7, 11) is 0. The number of aromatic nitrogens is 1. The highest BCUT2D eigenvalue weighted by molar-refractivity contribution is 5.35. The van der Waals surface area contributed by atoms with Crippen molar-refractivity contribution in [1.82, 2.24) is 10.3 Å². The number of ether oxygens (including phenoxy) is 1. The average Bonchev–Trinajstić information content (AvgIpc) is 2.36. The van der Waals surface area contributed by atoms with Crippen molar-refractivity contribution in [1.29, 1.82) is 0 Å². The Morgan fingerprint density at radius 2 is 2.00 bits per heavy atom. The zero-order valence-corrected chi connectivity index (χ0v) is 12.8. The van der Waals surface area contributed by atoms with E-state index in [2.05, 4.69) is 17.2 Å². The van der Waals surface area contributed by atoms with Gasteiger partial charge in [0.05, 0.1) is 6.61 Å². The van der Waals surface area contributed by atoms with Crippen molar-refractivity contribution in [2.45, 2.75) is 52.8 Å². The third kappa shape index (κ3) is 6.80. The molecular weight excluding hydrogens is 281 g/mol. The van der Waals surface area contributed by atoms with Crippen LogP contribution in [0.15, 0.2) is 6.07 Å². The molecule has 1 N–H and O–H groups in total. The van der Waals surface area contributed by atoms with E-state index in [1.807, 2.05) is 19.9 Å². The van der Waals surface area contributed by atoms with Crippen LogP contribution in [0.5, 0.6) is 5.88 Å². The first-order valence-corrected chi connectivity index (χ1v) is 7.21. The molecule has 1 aromatic heterocycles. The Kier molecular flexibility index (Phi) is 6.95. The minimum atomic E-state index is -4.13. The molecule has 6 heteroatoms. The average molecular weight is 304 g/mol. The highest BCUT2D eigenvalue weighted by Crippen LogP contribution is 2.23. The third-order valence-corrected chi connectivity index (χ3v) is 3.01. The Morgan fingerprint density at radius 1 is 1.29 bits per heavy atom. The molecule has 0 aliphatic heterocycles. The zero-order valence-electron chi connectivity index (χ0n) is 12.8. The summed E-state index contributed by atoms with van der Waals surface area (Å²) in [5.74, 6) is 0.443. The molecule has 1 rings (SSSR count). The highest BCUT2D eigenvalue weighted by Gasteiger charge is 2.26. The van der Waals surface area contributed by atoms with E-state index < -0.39 is 12.6 Å². The zero-order chi connectivity index (χ0) is 15.9. The van der Waals surface area contributed by atoms with E-state index in [1.165, 1.54) is 0 Å². The Hall–Kier alpha value is -1.30. The second kappa shape index (κ2) is 8.22. The summed E-state index contributed by atoms with van der Waals surface area (Å²) in [6, 6.07) is 1.95. The second-order valence-corrected chi connectivity index (χ2v) is 5.11. The van der Waals surface area contributed by atoms with Crippen LogP contribution in [0.3, 0.4) is 0 Å². The standard InChI is InChI=1S/C15H23F3N2O/c1-4-7-19-10-13-11(2)9-12(3)20-14(13)21-8-5-6-15(16,17)18/h9,19H,4-8,10H2,1-3H3. The molecule has 3 nitrogen and oxygen atoms in total. The van der Waals surface area contributed by atoms with Crippen LogP contribution in [0.1, 0.15) is 43.0 Å². The second-order valence-electron chi connectivity index (χ2n) is 5.11. The van der Waals surface area contributed by atoms with E-state index in [0.717, 1.165) is 29.8 Å². The topological polar surface area (TPSA) is 34.2 Å². The molecule has 0 saturated carbocycles. The molecule has 0 aromatic carbocycles. The number of hydrogen-bond donors (Lipinski definition) is 1. The largest absolute Gasteiger partial charge is 0.477 e. The van der Waals surface area contributed by atoms with Crippen LogP contribution < -0.4 is 10.1 Å². The first kappa shape index (κ1) is 17.8. The fraction of sp³-hybridized carbons (Fsp3) is 0.667. The number of pyridine rings is 1. The minimum Gasteiger partial charge on any atom is -0.477 e. The van der Waals surface area contributed by atoms with E-state index in [9.17, 15) is 13.2 Å². The quantitative estimate of drug-likeness (QED) is 0.739. The SMILES string of the molecule is CCCNCc1c(C)cc(C)nc1OCCCC(F)(F)F. The Balaban J connectivity index is 2.65. The predicted octanol–water partition coefficient (Wildman–Crippen LogP) is 3.92. The molecule has 0 saturated heterocycles. The van der Waals surface area contributed by atoms with Crippen molar-refractivity contribution in [3.63, 3.8) is 0 Å². The Labute approximate surface area is 123 Å². The van der Waals surface area contributed by atoms with Crippen LogP contribution in [0.2, 0.25) is 0 Å². The number of alkyl halides is 3. The number of aryl methyl sites for hydroxylation is 2. The monoisotopic (exact) mass is 304 g/mol. The lowest BCUT2D eigenvalue weighted by Gasteiger charge is -2.15. The van der Waals surface area contributed by atoms with Gasteiger partial charge in [-0.3, -0.25) is 0 Å². The molecule has 21 heavy (non-hydrogen) atoms. The van der Waals surface area contributed by atoms with E-state index in [1.54, 1.807) is 0 Å². The summed E-state index contributed by atoms with van der Waals surface area (Å²) in [6.07, 6.45) is -4.01. The molecule has 1 aromatic rings. The molecule has 0 atom stereocenters. The maximum atomic E-state index is 12.1. The van der Waals surface area contributed by atoms with Gasteiger partial charge in [0.1, 0.15) is 0 Å². The van der Waals surface area contributed by atoms with Crippen molar-refractivity contribution in [2.75, 3.05) is 13.2 Å². The van der Waals surface area contributed by atoms with Crippen molar-refractivity contribution < 1.29 is 17.9 Å². The molecule has 120 valence electrons. The van der Waals surface area contributed by atoms with Gasteiger partial charge in [-0.2, -0.15) is 13.2 Å². The lowest BCUT2D eigenvalue weighted by atomic mass is 10.1. The first-order valence-electron chi connectivity index (χ1n) is 7.21. The van der Waals surface area contributed by atoms with Crippen molar-refractivity contribution >= 4 is 0 Å². The number of rotatable bonds is 8. The van der Waals surface area contributed by atoms with Gasteiger partial charge in [0.2, 0.25) is 5.88 Å². The molecule has 0 aliphatic carbocycles. The predicted molar refractivity (Wildman–Crippen MR) is 76.5 cm³/mol. The number of nitrogens with one attached hydrogen (secondary N) is 1. The normalized spacial score (nSPS) is 11.7. The number of halogens is 3. The van der Waals surface area contributed by atoms with Crippen molar-refractivity contribution in [3.05, 3.63) is 22.9 Å². The third-order valence-electron chi connectivity index (χ3n) is 3.01. The lowest BCUT2D eigenvalue weighted by Crippen LogP contribution is -2.17. The Bertz CT molecular complexity index is 447. The van der Waals surface area contributed by atoms with Gasteiger partial charge >= 0.3 is 6.18 Å². The highest BCUT2D eigenvalue weighted by atomic mass is 19.4. The van der Waals surface area contributed by atoms with Gasteiger partial charge in [-0.1, -0.05) is 6.92 Å². The van der Waals surface area contributed by atoms with E-state index in [0.29, 0.717) is 12.4 Å². The maximum absolute atomic E-state index is 12.1. The molecule has 0 amide bonds. The molecule has 0 bridgehead atoms. The van der Waals surface area contributed by atoms with Gasteiger partial charge in [0.15, 0.2) is 0 Å². The van der Waals surface area contributed by atoms with Gasteiger partial charge in [0.25, 0.3) is 0 Å². The summed E-state index contributed by atoms with van der Waals surface area (Å²) in [5.41, 5.74) is 2.76. The van der Waals surface area contributed by atoms with Crippen LogP contribution in [-0.2, 0) is 6.54 Å². The summed E-state index contributed by atoms with van der Waals surface area (Å²) < 4.78 is 41.8. The maximum Gasteiger partial charge on any atom is 0.389 e. The minimum absolute atomic E-state index is 0.0240. The molecule has 0 unspecified atom stereocenters. The van der Waals surface area contributed by atoms with Crippen molar-refractivity contribution in [3.8, 4) is 5.88 Å². The molecule has 0 spiro atoms. The molecular formula is C15H23F3N2O. The van der Waals surface area contributed by atoms with Gasteiger partial charge in [-0.15, -0.1) is 0 Å². The first-order chi connectivity index (χ1) is 9.83. The summed E-state index contributed by atoms with van der Waals surface area (Å²) >= 11 is 0. The number of hydrogen-bond acceptors (Lipinski definition) is 3. The van der Waals surface area contributed by atoms with E-state index in [4.69, 9.17) is 4.74 Å².